The van der Waals surface area contributed by atoms with Gasteiger partial charge in [-0.05, 0) is 17.7 Å². The minimum Gasteiger partial charge on any atom is -0.457 e. The summed E-state index contributed by atoms with van der Waals surface area (Å²) in [7, 11) is 0. The highest BCUT2D eigenvalue weighted by atomic mass is 16.5. The number of pyridine rings is 1. The smallest absolute Gasteiger partial charge is 0.338 e. The number of rotatable bonds is 3. The van der Waals surface area contributed by atoms with Crippen LogP contribution in [0.2, 0.25) is 0 Å². The second-order valence-corrected chi connectivity index (χ2v) is 3.60. The van der Waals surface area contributed by atoms with E-state index >= 15 is 0 Å². The van der Waals surface area contributed by atoms with Crippen LogP contribution in [0.1, 0.15) is 21.6 Å². The quantitative estimate of drug-likeness (QED) is 0.770. The number of nitriles is 1. The van der Waals surface area contributed by atoms with Crippen LogP contribution in [0.5, 0.6) is 0 Å². The first kappa shape index (κ1) is 11.8. The van der Waals surface area contributed by atoms with Crippen molar-refractivity contribution in [2.24, 2.45) is 0 Å². The molecule has 0 atom stereocenters. The minimum atomic E-state index is -0.460. The zero-order valence-corrected chi connectivity index (χ0v) is 9.54. The molecule has 0 saturated heterocycles. The van der Waals surface area contributed by atoms with Crippen LogP contribution in [-0.2, 0) is 11.3 Å². The Kier molecular flexibility index (Phi) is 3.67. The molecule has 4 heteroatoms. The second kappa shape index (κ2) is 5.60. The van der Waals surface area contributed by atoms with Gasteiger partial charge in [0.25, 0.3) is 0 Å². The Balaban J connectivity index is 2.02. The van der Waals surface area contributed by atoms with E-state index in [1.807, 2.05) is 36.4 Å². The van der Waals surface area contributed by atoms with Gasteiger partial charge in [-0.3, -0.25) is 0 Å². The Morgan fingerprint density at radius 2 is 2.06 bits per heavy atom. The van der Waals surface area contributed by atoms with Gasteiger partial charge >= 0.3 is 5.97 Å². The van der Waals surface area contributed by atoms with E-state index in [2.05, 4.69) is 4.98 Å². The highest BCUT2D eigenvalue weighted by Gasteiger charge is 2.08. The van der Waals surface area contributed by atoms with E-state index < -0.39 is 5.97 Å². The number of nitrogens with zero attached hydrogens (tertiary/aromatic N) is 2. The van der Waals surface area contributed by atoms with E-state index in [0.29, 0.717) is 5.56 Å². The maximum absolute atomic E-state index is 11.7. The van der Waals surface area contributed by atoms with Crippen LogP contribution < -0.4 is 0 Å². The number of ether oxygens (including phenoxy) is 1. The molecule has 2 aromatic rings. The van der Waals surface area contributed by atoms with Gasteiger partial charge in [-0.15, -0.1) is 0 Å². The fourth-order valence-electron chi connectivity index (χ4n) is 1.43. The summed E-state index contributed by atoms with van der Waals surface area (Å²) in [5.41, 5.74) is 1.45. The van der Waals surface area contributed by atoms with Crippen molar-refractivity contribution in [2.45, 2.75) is 6.61 Å². The molecule has 4 nitrogen and oxygen atoms in total. The number of benzene rings is 1. The van der Waals surface area contributed by atoms with Gasteiger partial charge < -0.3 is 4.74 Å². The zero-order chi connectivity index (χ0) is 12.8. The van der Waals surface area contributed by atoms with Crippen molar-refractivity contribution in [3.63, 3.8) is 0 Å². The molecule has 0 aliphatic heterocycles. The van der Waals surface area contributed by atoms with Gasteiger partial charge in [-0.2, -0.15) is 5.26 Å². The van der Waals surface area contributed by atoms with Crippen LogP contribution >= 0.6 is 0 Å². The minimum absolute atomic E-state index is 0.198. The Bertz CT molecular complexity index is 588. The maximum atomic E-state index is 11.7. The summed E-state index contributed by atoms with van der Waals surface area (Å²) < 4.78 is 5.14. The van der Waals surface area contributed by atoms with Gasteiger partial charge in [-0.25, -0.2) is 9.78 Å². The van der Waals surface area contributed by atoms with Crippen molar-refractivity contribution in [3.8, 4) is 6.07 Å². The molecule has 18 heavy (non-hydrogen) atoms. The Hall–Kier alpha value is -2.67. The lowest BCUT2D eigenvalue weighted by atomic mass is 10.2. The molecule has 1 aromatic carbocycles. The van der Waals surface area contributed by atoms with Gasteiger partial charge in [0, 0.05) is 6.20 Å². The van der Waals surface area contributed by atoms with Crippen molar-refractivity contribution in [1.29, 1.82) is 5.26 Å². The fraction of sp³-hybridized carbons (Fsp3) is 0.0714. The molecule has 0 amide bonds. The van der Waals surface area contributed by atoms with Gasteiger partial charge in [0.1, 0.15) is 18.4 Å². The Labute approximate surface area is 104 Å². The number of carbonyl (C=O) groups excluding carboxylic acids is 1. The van der Waals surface area contributed by atoms with E-state index in [-0.39, 0.29) is 12.3 Å². The fourth-order valence-corrected chi connectivity index (χ4v) is 1.43. The highest BCUT2D eigenvalue weighted by molar-refractivity contribution is 5.89. The molecule has 0 unspecified atom stereocenters. The van der Waals surface area contributed by atoms with Gasteiger partial charge in [0.2, 0.25) is 0 Å². The van der Waals surface area contributed by atoms with E-state index in [1.54, 1.807) is 0 Å². The number of carbonyl (C=O) groups is 1. The van der Waals surface area contributed by atoms with Crippen LogP contribution in [0.4, 0.5) is 0 Å². The van der Waals surface area contributed by atoms with Crippen LogP contribution in [-0.4, -0.2) is 11.0 Å². The molecule has 0 aliphatic carbocycles. The summed E-state index contributed by atoms with van der Waals surface area (Å²) in [4.78, 5) is 15.5. The Morgan fingerprint density at radius 3 is 2.78 bits per heavy atom. The summed E-state index contributed by atoms with van der Waals surface area (Å²) in [5.74, 6) is -0.460. The van der Waals surface area contributed by atoms with Gasteiger partial charge in [0.15, 0.2) is 0 Å². The molecule has 0 radical (unpaired) electrons. The predicted octanol–water partition coefficient (Wildman–Crippen LogP) is 2.31. The molecule has 0 spiro atoms. The largest absolute Gasteiger partial charge is 0.457 e. The third-order valence-corrected chi connectivity index (χ3v) is 2.32. The van der Waals surface area contributed by atoms with E-state index in [1.165, 1.54) is 18.3 Å². The lowest BCUT2D eigenvalue weighted by Crippen LogP contribution is -2.05. The van der Waals surface area contributed by atoms with Crippen LogP contribution in [0.25, 0.3) is 0 Å². The maximum Gasteiger partial charge on any atom is 0.338 e. The molecule has 0 fully saturated rings. The monoisotopic (exact) mass is 238 g/mol. The number of esters is 1. The number of hydrogen-bond acceptors (Lipinski definition) is 4. The lowest BCUT2D eigenvalue weighted by molar-refractivity contribution is 0.0472. The second-order valence-electron chi connectivity index (χ2n) is 3.60. The summed E-state index contributed by atoms with van der Waals surface area (Å²) in [5, 5.41) is 8.69. The number of aromatic nitrogens is 1. The average molecular weight is 238 g/mol. The number of hydrogen-bond donors (Lipinski definition) is 0. The summed E-state index contributed by atoms with van der Waals surface area (Å²) in [6.45, 7) is 0.212. The van der Waals surface area contributed by atoms with Gasteiger partial charge in [-0.1, -0.05) is 30.3 Å². The van der Waals surface area contributed by atoms with Crippen molar-refractivity contribution < 1.29 is 9.53 Å². The van der Waals surface area contributed by atoms with Crippen molar-refractivity contribution in [3.05, 3.63) is 65.5 Å². The van der Waals surface area contributed by atoms with Crippen LogP contribution in [0.3, 0.4) is 0 Å². The molecule has 1 heterocycles. The molecular weight excluding hydrogens is 228 g/mol. The van der Waals surface area contributed by atoms with Crippen molar-refractivity contribution in [1.82, 2.24) is 4.98 Å². The molecule has 0 N–H and O–H groups in total. The molecule has 2 rings (SSSR count). The van der Waals surface area contributed by atoms with E-state index in [4.69, 9.17) is 10.00 Å². The lowest BCUT2D eigenvalue weighted by Gasteiger charge is -2.04. The molecule has 0 aliphatic rings. The third kappa shape index (κ3) is 2.92. The standard InChI is InChI=1S/C14H10N2O2/c15-9-13-8-12(6-7-16-13)14(17)18-10-11-4-2-1-3-5-11/h1-8H,10H2. The molecule has 1 aromatic heterocycles. The SMILES string of the molecule is N#Cc1cc(C(=O)OCc2ccccc2)ccn1. The first-order valence-corrected chi connectivity index (χ1v) is 5.37. The summed E-state index contributed by atoms with van der Waals surface area (Å²) in [6, 6.07) is 14.2. The molecule has 0 bridgehead atoms. The van der Waals surface area contributed by atoms with Crippen molar-refractivity contribution in [2.75, 3.05) is 0 Å². The molecular formula is C14H10N2O2. The molecule has 0 saturated carbocycles. The zero-order valence-electron chi connectivity index (χ0n) is 9.54. The topological polar surface area (TPSA) is 63.0 Å². The van der Waals surface area contributed by atoms with Gasteiger partial charge in [0.05, 0.1) is 5.56 Å². The predicted molar refractivity (Wildman–Crippen MR) is 64.5 cm³/mol. The summed E-state index contributed by atoms with van der Waals surface area (Å²) >= 11 is 0. The third-order valence-electron chi connectivity index (χ3n) is 2.32. The summed E-state index contributed by atoms with van der Waals surface area (Å²) in [6.07, 6.45) is 1.41. The van der Waals surface area contributed by atoms with E-state index in [9.17, 15) is 4.79 Å². The van der Waals surface area contributed by atoms with Crippen molar-refractivity contribution >= 4 is 5.97 Å². The molecule has 88 valence electrons. The van der Waals surface area contributed by atoms with Crippen LogP contribution in [0, 0.1) is 11.3 Å². The normalized spacial score (nSPS) is 9.50. The first-order chi connectivity index (χ1) is 8.79. The first-order valence-electron chi connectivity index (χ1n) is 5.37. The Morgan fingerprint density at radius 1 is 1.28 bits per heavy atom. The van der Waals surface area contributed by atoms with Crippen LogP contribution in [0.15, 0.2) is 48.7 Å². The van der Waals surface area contributed by atoms with E-state index in [0.717, 1.165) is 5.56 Å². The highest BCUT2D eigenvalue weighted by Crippen LogP contribution is 2.06. The average Bonchev–Trinajstić information content (AvgIpc) is 2.46.